The number of amides is 2. The maximum Gasteiger partial charge on any atom is 0.257 e. The summed E-state index contributed by atoms with van der Waals surface area (Å²) in [5, 5.41) is 2.79. The second kappa shape index (κ2) is 3.84. The first-order chi connectivity index (χ1) is 8.70. The van der Waals surface area contributed by atoms with Crippen molar-refractivity contribution in [2.75, 3.05) is 11.9 Å². The number of rotatable bonds is 1. The van der Waals surface area contributed by atoms with Gasteiger partial charge in [-0.25, -0.2) is 0 Å². The maximum atomic E-state index is 12.4. The molecule has 0 saturated carbocycles. The molecule has 0 radical (unpaired) electrons. The van der Waals surface area contributed by atoms with Crippen molar-refractivity contribution in [1.29, 1.82) is 0 Å². The van der Waals surface area contributed by atoms with Gasteiger partial charge in [-0.1, -0.05) is 24.8 Å². The van der Waals surface area contributed by atoms with Crippen LogP contribution in [0.5, 0.6) is 0 Å². The van der Waals surface area contributed by atoms with Crippen LogP contribution < -0.4 is 5.32 Å². The molecule has 0 unspecified atom stereocenters. The van der Waals surface area contributed by atoms with Crippen molar-refractivity contribution in [1.82, 2.24) is 4.90 Å². The zero-order valence-corrected chi connectivity index (χ0v) is 9.72. The van der Waals surface area contributed by atoms with Crippen molar-refractivity contribution in [3.63, 3.8) is 0 Å². The molecule has 4 heteroatoms. The number of hydrogen-bond acceptors (Lipinski definition) is 2. The fraction of sp³-hybridized carbons (Fsp3) is 0.143. The summed E-state index contributed by atoms with van der Waals surface area (Å²) in [6, 6.07) is 6.53. The van der Waals surface area contributed by atoms with Crippen LogP contribution in [0.25, 0.3) is 0 Å². The van der Waals surface area contributed by atoms with Crippen LogP contribution in [-0.2, 0) is 4.79 Å². The van der Waals surface area contributed by atoms with E-state index in [0.29, 0.717) is 17.8 Å². The van der Waals surface area contributed by atoms with Crippen molar-refractivity contribution in [3.8, 4) is 0 Å². The van der Waals surface area contributed by atoms with Crippen LogP contribution in [0, 0.1) is 0 Å². The van der Waals surface area contributed by atoms with Crippen molar-refractivity contribution in [2.24, 2.45) is 0 Å². The number of nitrogens with one attached hydrogen (secondary N) is 1. The normalized spacial score (nSPS) is 21.7. The third-order valence-electron chi connectivity index (χ3n) is 3.27. The van der Waals surface area contributed by atoms with Gasteiger partial charge >= 0.3 is 0 Å². The zero-order valence-electron chi connectivity index (χ0n) is 9.72. The largest absolute Gasteiger partial charge is 0.323 e. The minimum Gasteiger partial charge on any atom is -0.323 e. The Morgan fingerprint density at radius 2 is 2.11 bits per heavy atom. The predicted octanol–water partition coefficient (Wildman–Crippen LogP) is 1.58. The highest BCUT2D eigenvalue weighted by atomic mass is 16.2. The Kier molecular flexibility index (Phi) is 2.30. The molecule has 90 valence electrons. The Balaban J connectivity index is 2.08. The van der Waals surface area contributed by atoms with Crippen molar-refractivity contribution in [2.45, 2.75) is 6.04 Å². The van der Waals surface area contributed by atoms with Gasteiger partial charge in [0.15, 0.2) is 0 Å². The Morgan fingerprint density at radius 1 is 1.33 bits per heavy atom. The highest BCUT2D eigenvalue weighted by Gasteiger charge is 2.37. The smallest absolute Gasteiger partial charge is 0.257 e. The molecule has 1 atom stereocenters. The van der Waals surface area contributed by atoms with E-state index in [1.807, 2.05) is 0 Å². The number of carbonyl (C=O) groups excluding carboxylic acids is 2. The van der Waals surface area contributed by atoms with Gasteiger partial charge in [0.1, 0.15) is 6.04 Å². The summed E-state index contributed by atoms with van der Waals surface area (Å²) in [5.41, 5.74) is 2.02. The summed E-state index contributed by atoms with van der Waals surface area (Å²) in [4.78, 5) is 26.0. The first-order valence-electron chi connectivity index (χ1n) is 5.74. The number of fused-ring (bicyclic) bond motifs is 2. The summed E-state index contributed by atoms with van der Waals surface area (Å²) in [6.07, 6.45) is 3.47. The maximum absolute atomic E-state index is 12.4. The van der Waals surface area contributed by atoms with Gasteiger partial charge in [-0.15, -0.1) is 0 Å². The molecule has 0 aromatic heterocycles. The van der Waals surface area contributed by atoms with Crippen LogP contribution >= 0.6 is 0 Å². The highest BCUT2D eigenvalue weighted by molar-refractivity contribution is 6.11. The summed E-state index contributed by atoms with van der Waals surface area (Å²) in [6.45, 7) is 4.12. The Morgan fingerprint density at radius 3 is 2.89 bits per heavy atom. The molecular formula is C14H12N2O2. The standard InChI is InChI=1S/C14H12N2O2/c1-2-9-7-12-13(17)15-11-6-4-3-5-10(11)14(18)16(12)8-9/h2-7,12H,1,8H2,(H,15,17)/t12-/m0/s1. The van der Waals surface area contributed by atoms with Crippen LogP contribution in [0.3, 0.4) is 0 Å². The number of benzene rings is 1. The average molecular weight is 240 g/mol. The predicted molar refractivity (Wildman–Crippen MR) is 68.2 cm³/mol. The molecule has 0 aliphatic carbocycles. The van der Waals surface area contributed by atoms with Crippen molar-refractivity contribution in [3.05, 3.63) is 54.1 Å². The molecule has 3 rings (SSSR count). The fourth-order valence-electron chi connectivity index (χ4n) is 2.33. The molecule has 0 fully saturated rings. The van der Waals surface area contributed by atoms with E-state index in [0.717, 1.165) is 5.57 Å². The topological polar surface area (TPSA) is 49.4 Å². The molecule has 2 aliphatic rings. The molecule has 2 heterocycles. The Bertz CT molecular complexity index is 589. The lowest BCUT2D eigenvalue weighted by molar-refractivity contribution is -0.118. The Hall–Kier alpha value is -2.36. The van der Waals surface area contributed by atoms with Gasteiger partial charge in [0.2, 0.25) is 0 Å². The molecule has 2 aliphatic heterocycles. The molecule has 18 heavy (non-hydrogen) atoms. The number of hydrogen-bond donors (Lipinski definition) is 1. The first-order valence-corrected chi connectivity index (χ1v) is 5.74. The summed E-state index contributed by atoms with van der Waals surface area (Å²) in [7, 11) is 0. The summed E-state index contributed by atoms with van der Waals surface area (Å²) >= 11 is 0. The van der Waals surface area contributed by atoms with Gasteiger partial charge < -0.3 is 10.2 Å². The van der Waals surface area contributed by atoms with Gasteiger partial charge in [0.05, 0.1) is 11.3 Å². The van der Waals surface area contributed by atoms with E-state index in [1.54, 1.807) is 41.3 Å². The van der Waals surface area contributed by atoms with E-state index in [4.69, 9.17) is 0 Å². The molecule has 2 amide bonds. The van der Waals surface area contributed by atoms with E-state index in [9.17, 15) is 9.59 Å². The lowest BCUT2D eigenvalue weighted by Crippen LogP contribution is -2.40. The number of nitrogens with zero attached hydrogens (tertiary/aromatic N) is 1. The molecule has 4 nitrogen and oxygen atoms in total. The first kappa shape index (κ1) is 10.8. The van der Waals surface area contributed by atoms with Crippen LogP contribution in [0.1, 0.15) is 10.4 Å². The van der Waals surface area contributed by atoms with Crippen molar-refractivity contribution < 1.29 is 9.59 Å². The minimum absolute atomic E-state index is 0.123. The van der Waals surface area contributed by atoms with E-state index in [-0.39, 0.29) is 11.8 Å². The molecular weight excluding hydrogens is 228 g/mol. The third kappa shape index (κ3) is 1.46. The van der Waals surface area contributed by atoms with Crippen LogP contribution in [0.4, 0.5) is 5.69 Å². The molecule has 0 saturated heterocycles. The van der Waals surface area contributed by atoms with Crippen LogP contribution in [0.2, 0.25) is 0 Å². The quantitative estimate of drug-likeness (QED) is 0.810. The van der Waals surface area contributed by atoms with E-state index in [2.05, 4.69) is 11.9 Å². The molecule has 1 N–H and O–H groups in total. The second-order valence-electron chi connectivity index (χ2n) is 4.36. The third-order valence-corrected chi connectivity index (χ3v) is 3.27. The average Bonchev–Trinajstić information content (AvgIpc) is 2.79. The van der Waals surface area contributed by atoms with E-state index in [1.165, 1.54) is 0 Å². The zero-order chi connectivity index (χ0) is 12.7. The minimum atomic E-state index is -0.530. The monoisotopic (exact) mass is 240 g/mol. The van der Waals surface area contributed by atoms with Gasteiger partial charge in [0.25, 0.3) is 11.8 Å². The molecule has 1 aromatic carbocycles. The summed E-state index contributed by atoms with van der Waals surface area (Å²) in [5.74, 6) is -0.299. The van der Waals surface area contributed by atoms with E-state index < -0.39 is 6.04 Å². The number of para-hydroxylation sites is 1. The molecule has 0 bridgehead atoms. The number of carbonyl (C=O) groups is 2. The SMILES string of the molecule is C=CC1=C[C@H]2C(=O)Nc3ccccc3C(=O)N2C1. The van der Waals surface area contributed by atoms with Gasteiger partial charge in [-0.3, -0.25) is 9.59 Å². The lowest BCUT2D eigenvalue weighted by atomic mass is 10.1. The second-order valence-corrected chi connectivity index (χ2v) is 4.36. The fourth-order valence-corrected chi connectivity index (χ4v) is 2.33. The van der Waals surface area contributed by atoms with Crippen LogP contribution in [-0.4, -0.2) is 29.3 Å². The molecule has 0 spiro atoms. The lowest BCUT2D eigenvalue weighted by Gasteiger charge is -2.20. The Labute approximate surface area is 105 Å². The van der Waals surface area contributed by atoms with E-state index >= 15 is 0 Å². The molecule has 1 aromatic rings. The highest BCUT2D eigenvalue weighted by Crippen LogP contribution is 2.27. The van der Waals surface area contributed by atoms with Gasteiger partial charge in [-0.05, 0) is 23.8 Å². The number of anilines is 1. The summed E-state index contributed by atoms with van der Waals surface area (Å²) < 4.78 is 0. The van der Waals surface area contributed by atoms with Crippen molar-refractivity contribution >= 4 is 17.5 Å². The van der Waals surface area contributed by atoms with Gasteiger partial charge in [-0.2, -0.15) is 0 Å². The van der Waals surface area contributed by atoms with Crippen LogP contribution in [0.15, 0.2) is 48.6 Å². The van der Waals surface area contributed by atoms with Gasteiger partial charge in [0, 0.05) is 6.54 Å².